The molecule has 4 rings (SSSR count). The van der Waals surface area contributed by atoms with Crippen molar-refractivity contribution < 1.29 is 9.72 Å². The topological polar surface area (TPSA) is 79.0 Å². The van der Waals surface area contributed by atoms with E-state index in [0.29, 0.717) is 12.3 Å². The second kappa shape index (κ2) is 8.89. The number of hydrogen-bond donors (Lipinski definition) is 0. The van der Waals surface area contributed by atoms with E-state index in [9.17, 15) is 14.9 Å². The van der Waals surface area contributed by atoms with Gasteiger partial charge in [0.1, 0.15) is 6.17 Å². The van der Waals surface area contributed by atoms with Crippen molar-refractivity contribution in [1.29, 1.82) is 0 Å². The molecule has 1 aliphatic rings. The van der Waals surface area contributed by atoms with Crippen LogP contribution in [0.5, 0.6) is 0 Å². The van der Waals surface area contributed by atoms with Crippen LogP contribution in [-0.4, -0.2) is 33.0 Å². The van der Waals surface area contributed by atoms with Crippen LogP contribution in [0.1, 0.15) is 29.8 Å². The molecule has 1 atom stereocenters. The third kappa shape index (κ3) is 4.51. The number of nitrogens with zero attached hydrogens (tertiary/aromatic N) is 4. The molecule has 0 radical (unpaired) electrons. The highest BCUT2D eigenvalue weighted by Gasteiger charge is 2.39. The van der Waals surface area contributed by atoms with Crippen LogP contribution in [0.25, 0.3) is 0 Å². The summed E-state index contributed by atoms with van der Waals surface area (Å²) in [6.45, 7) is 2.68. The maximum absolute atomic E-state index is 13.0. The molecule has 1 fully saturated rings. The van der Waals surface area contributed by atoms with Crippen molar-refractivity contribution in [3.8, 4) is 0 Å². The third-order valence-corrected chi connectivity index (χ3v) is 5.25. The Morgan fingerprint density at radius 1 is 1.00 bits per heavy atom. The minimum atomic E-state index is -0.437. The van der Waals surface area contributed by atoms with Crippen LogP contribution in [0.2, 0.25) is 0 Å². The van der Waals surface area contributed by atoms with Gasteiger partial charge in [-0.2, -0.15) is 5.10 Å². The van der Waals surface area contributed by atoms with E-state index in [1.807, 2.05) is 60.7 Å². The van der Waals surface area contributed by atoms with Gasteiger partial charge in [-0.15, -0.1) is 0 Å². The van der Waals surface area contributed by atoms with Crippen molar-refractivity contribution in [1.82, 2.24) is 9.91 Å². The smallest absolute Gasteiger partial charge is 0.269 e. The molecule has 0 N–H and O–H groups in total. The van der Waals surface area contributed by atoms with Crippen LogP contribution in [0.4, 0.5) is 5.69 Å². The summed E-state index contributed by atoms with van der Waals surface area (Å²) in [4.78, 5) is 25.5. The summed E-state index contributed by atoms with van der Waals surface area (Å²) in [6.07, 6.45) is -0.332. The highest BCUT2D eigenvalue weighted by molar-refractivity contribution is 5.99. The highest BCUT2D eigenvalue weighted by atomic mass is 16.6. The van der Waals surface area contributed by atoms with Crippen LogP contribution >= 0.6 is 0 Å². The lowest BCUT2D eigenvalue weighted by Gasteiger charge is -2.28. The van der Waals surface area contributed by atoms with Crippen LogP contribution in [0, 0.1) is 10.1 Å². The molecule has 1 saturated heterocycles. The van der Waals surface area contributed by atoms with Crippen molar-refractivity contribution >= 4 is 17.3 Å². The number of non-ortho nitro benzene ring substituents is 1. The molecule has 1 heterocycles. The first kappa shape index (κ1) is 20.4. The molecule has 0 bridgehead atoms. The average molecular weight is 414 g/mol. The Kier molecular flexibility index (Phi) is 5.86. The number of rotatable bonds is 6. The Morgan fingerprint density at radius 3 is 2.23 bits per heavy atom. The first-order valence-electron chi connectivity index (χ1n) is 9.98. The Morgan fingerprint density at radius 2 is 1.61 bits per heavy atom. The van der Waals surface area contributed by atoms with E-state index in [-0.39, 0.29) is 24.3 Å². The van der Waals surface area contributed by atoms with E-state index >= 15 is 0 Å². The van der Waals surface area contributed by atoms with Gasteiger partial charge < -0.3 is 0 Å². The summed E-state index contributed by atoms with van der Waals surface area (Å²) in [7, 11) is 0. The molecule has 3 aromatic rings. The predicted octanol–water partition coefficient (Wildman–Crippen LogP) is 4.36. The van der Waals surface area contributed by atoms with Gasteiger partial charge in [0.25, 0.3) is 11.6 Å². The number of carbonyl (C=O) groups excluding carboxylic acids is 1. The molecule has 31 heavy (non-hydrogen) atoms. The van der Waals surface area contributed by atoms with E-state index < -0.39 is 4.92 Å². The quantitative estimate of drug-likeness (QED) is 0.341. The Hall–Kier alpha value is -3.84. The van der Waals surface area contributed by atoms with E-state index in [4.69, 9.17) is 0 Å². The average Bonchev–Trinajstić information content (AvgIpc) is 3.09. The third-order valence-electron chi connectivity index (χ3n) is 5.25. The molecule has 7 nitrogen and oxygen atoms in total. The largest absolute Gasteiger partial charge is 0.271 e. The number of amides is 1. The van der Waals surface area contributed by atoms with Gasteiger partial charge in [-0.05, 0) is 35.7 Å². The normalized spacial score (nSPS) is 17.2. The standard InChI is InChI=1S/C24H22N4O3/c1-18(20-12-14-22(15-13-20)28(30)31)25-27-23(29)17-26(16-19-8-4-2-5-9-19)24(27)21-10-6-3-7-11-21/h2-15,24H,16-17H2,1H3/b25-18-/t24-/m0/s1. The predicted molar refractivity (Wildman–Crippen MR) is 118 cm³/mol. The zero-order valence-electron chi connectivity index (χ0n) is 17.1. The van der Waals surface area contributed by atoms with Crippen LogP contribution in [0.15, 0.2) is 90.0 Å². The second-order valence-electron chi connectivity index (χ2n) is 7.40. The zero-order chi connectivity index (χ0) is 21.8. The van der Waals surface area contributed by atoms with Gasteiger partial charge in [0.15, 0.2) is 0 Å². The molecule has 7 heteroatoms. The number of hydrazone groups is 1. The molecule has 0 aromatic heterocycles. The van der Waals surface area contributed by atoms with Gasteiger partial charge in [0.05, 0.1) is 17.2 Å². The fraction of sp³-hybridized carbons (Fsp3) is 0.167. The molecule has 0 aliphatic carbocycles. The van der Waals surface area contributed by atoms with Crippen molar-refractivity contribution in [2.75, 3.05) is 6.54 Å². The first-order chi connectivity index (χ1) is 15.0. The van der Waals surface area contributed by atoms with Crippen LogP contribution in [0.3, 0.4) is 0 Å². The Balaban J connectivity index is 1.66. The maximum atomic E-state index is 13.0. The lowest BCUT2D eigenvalue weighted by Crippen LogP contribution is -2.29. The minimum absolute atomic E-state index is 0.0185. The second-order valence-corrected chi connectivity index (χ2v) is 7.40. The first-order valence-corrected chi connectivity index (χ1v) is 9.98. The van der Waals surface area contributed by atoms with Crippen molar-refractivity contribution in [2.45, 2.75) is 19.6 Å². The summed E-state index contributed by atoms with van der Waals surface area (Å²) < 4.78 is 0. The van der Waals surface area contributed by atoms with E-state index in [1.165, 1.54) is 17.1 Å². The molecule has 1 amide bonds. The molecular formula is C24H22N4O3. The Bertz CT molecular complexity index is 1100. The molecule has 3 aromatic carbocycles. The molecule has 0 spiro atoms. The lowest BCUT2D eigenvalue weighted by atomic mass is 10.1. The van der Waals surface area contributed by atoms with Gasteiger partial charge in [-0.25, -0.2) is 5.01 Å². The minimum Gasteiger partial charge on any atom is -0.271 e. The fourth-order valence-corrected chi connectivity index (χ4v) is 3.72. The van der Waals surface area contributed by atoms with E-state index in [1.54, 1.807) is 19.1 Å². The number of carbonyl (C=O) groups is 1. The number of nitro groups is 1. The summed E-state index contributed by atoms with van der Waals surface area (Å²) >= 11 is 0. The summed E-state index contributed by atoms with van der Waals surface area (Å²) in [5.74, 6) is -0.0916. The summed E-state index contributed by atoms with van der Waals surface area (Å²) in [6, 6.07) is 26.0. The SMILES string of the molecule is C/C(=N/N1C(=O)CN(Cc2ccccc2)[C@@H]1c1ccccc1)c1ccc([N+](=O)[O-])cc1. The maximum Gasteiger partial charge on any atom is 0.269 e. The van der Waals surface area contributed by atoms with Crippen molar-refractivity contribution in [2.24, 2.45) is 5.10 Å². The van der Waals surface area contributed by atoms with Gasteiger partial charge in [0, 0.05) is 18.7 Å². The number of nitro benzene ring substituents is 1. The van der Waals surface area contributed by atoms with Gasteiger partial charge >= 0.3 is 0 Å². The van der Waals surface area contributed by atoms with E-state index in [2.05, 4.69) is 10.0 Å². The Labute approximate surface area is 180 Å². The number of hydrogen-bond acceptors (Lipinski definition) is 5. The molecular weight excluding hydrogens is 392 g/mol. The van der Waals surface area contributed by atoms with Crippen molar-refractivity contribution in [3.63, 3.8) is 0 Å². The molecule has 0 saturated carbocycles. The molecule has 0 unspecified atom stereocenters. The molecule has 156 valence electrons. The fourth-order valence-electron chi connectivity index (χ4n) is 3.72. The van der Waals surface area contributed by atoms with Crippen molar-refractivity contribution in [3.05, 3.63) is 112 Å². The monoisotopic (exact) mass is 414 g/mol. The van der Waals surface area contributed by atoms with Gasteiger partial charge in [-0.3, -0.25) is 19.8 Å². The highest BCUT2D eigenvalue weighted by Crippen LogP contribution is 2.32. The zero-order valence-corrected chi connectivity index (χ0v) is 17.1. The number of benzene rings is 3. The van der Waals surface area contributed by atoms with Gasteiger partial charge in [-0.1, -0.05) is 60.7 Å². The summed E-state index contributed by atoms with van der Waals surface area (Å²) in [5.41, 5.74) is 3.46. The van der Waals surface area contributed by atoms with E-state index in [0.717, 1.165) is 16.7 Å². The lowest BCUT2D eigenvalue weighted by molar-refractivity contribution is -0.384. The van der Waals surface area contributed by atoms with Crippen LogP contribution < -0.4 is 0 Å². The van der Waals surface area contributed by atoms with Gasteiger partial charge in [0.2, 0.25) is 0 Å². The molecule has 1 aliphatic heterocycles. The van der Waals surface area contributed by atoms with Crippen LogP contribution in [-0.2, 0) is 11.3 Å². The summed E-state index contributed by atoms with van der Waals surface area (Å²) in [5, 5.41) is 17.1.